The number of aromatic nitrogens is 4. The van der Waals surface area contributed by atoms with E-state index in [-0.39, 0.29) is 17.2 Å². The Kier molecular flexibility index (Phi) is 4.72. The first-order chi connectivity index (χ1) is 12.8. The van der Waals surface area contributed by atoms with E-state index in [9.17, 15) is 5.26 Å². The third-order valence-electron chi connectivity index (χ3n) is 3.31. The summed E-state index contributed by atoms with van der Waals surface area (Å²) in [5, 5.41) is 35.9. The molecule has 0 spiro atoms. The second-order valence-electron chi connectivity index (χ2n) is 4.93. The van der Waals surface area contributed by atoms with Crippen molar-refractivity contribution in [2.45, 2.75) is 0 Å². The van der Waals surface area contributed by atoms with Gasteiger partial charge in [-0.15, -0.1) is 0 Å². The van der Waals surface area contributed by atoms with Gasteiger partial charge in [0.05, 0.1) is 5.10 Å². The second kappa shape index (κ2) is 7.45. The number of rotatable bonds is 4. The van der Waals surface area contributed by atoms with Gasteiger partial charge in [-0.3, -0.25) is 0 Å². The van der Waals surface area contributed by atoms with E-state index in [0.717, 1.165) is 0 Å². The number of benzene rings is 2. The van der Waals surface area contributed by atoms with Crippen molar-refractivity contribution in [3.8, 4) is 23.5 Å². The molecule has 2 aromatic carbocycles. The molecule has 0 radical (unpaired) electrons. The van der Waals surface area contributed by atoms with Crippen molar-refractivity contribution in [2.75, 3.05) is 0 Å². The molecule has 8 heteroatoms. The van der Waals surface area contributed by atoms with Crippen LogP contribution < -0.4 is 4.68 Å². The number of hydrogen-bond donors (Lipinski definition) is 0. The minimum absolute atomic E-state index is 0.0691. The summed E-state index contributed by atoms with van der Waals surface area (Å²) in [6.45, 7) is 0. The zero-order valence-corrected chi connectivity index (χ0v) is 13.4. The maximum atomic E-state index is 9.24. The Balaban J connectivity index is 2.21. The lowest BCUT2D eigenvalue weighted by Gasteiger charge is -1.94. The normalized spacial score (nSPS) is 10.5. The molecule has 0 saturated heterocycles. The first-order valence-electron chi connectivity index (χ1n) is 7.43. The Morgan fingerprint density at radius 2 is 1.65 bits per heavy atom. The zero-order chi connectivity index (χ0) is 18.4. The van der Waals surface area contributed by atoms with Crippen LogP contribution in [-0.2, 0) is 0 Å². The quantitative estimate of drug-likeness (QED) is 0.410. The molecule has 1 aromatic heterocycles. The number of para-hydroxylation sites is 2. The number of allylic oxidation sites excluding steroid dienone is 1. The standard InChI is InChI=1S/C18H10N8/c19-11-14(12-20)17(13-21)22-18-23-26(16-9-5-2-6-10-16)24-25(18)15-7-3-1-4-8-15/h1-10H/b22-17+. The van der Waals surface area contributed by atoms with E-state index in [4.69, 9.17) is 10.7 Å². The number of nitriles is 2. The first kappa shape index (κ1) is 16.5. The van der Waals surface area contributed by atoms with E-state index >= 15 is 0 Å². The highest BCUT2D eigenvalue weighted by Crippen LogP contribution is 2.10. The van der Waals surface area contributed by atoms with Gasteiger partial charge >= 0.3 is 5.95 Å². The number of tetrazole rings is 1. The Morgan fingerprint density at radius 1 is 1.00 bits per heavy atom. The second-order valence-corrected chi connectivity index (χ2v) is 4.93. The summed E-state index contributed by atoms with van der Waals surface area (Å²) in [4.78, 5) is 5.44. The minimum Gasteiger partial charge on any atom is -0.762 e. The van der Waals surface area contributed by atoms with E-state index in [1.165, 1.54) is 9.48 Å². The van der Waals surface area contributed by atoms with Crippen LogP contribution in [0.2, 0.25) is 0 Å². The van der Waals surface area contributed by atoms with E-state index in [1.807, 2.05) is 48.5 Å². The molecule has 1 heterocycles. The Hall–Kier alpha value is -4.39. The molecule has 0 aliphatic heterocycles. The molecule has 0 aliphatic carbocycles. The summed E-state index contributed by atoms with van der Waals surface area (Å²) in [6.07, 6.45) is 0. The third-order valence-corrected chi connectivity index (χ3v) is 3.31. The largest absolute Gasteiger partial charge is 0.762 e. The number of nitrogens with zero attached hydrogens (tertiary/aromatic N) is 8. The lowest BCUT2D eigenvalue weighted by Crippen LogP contribution is -2.34. The van der Waals surface area contributed by atoms with Crippen LogP contribution in [-0.4, -0.2) is 26.7 Å². The van der Waals surface area contributed by atoms with Gasteiger partial charge in [-0.05, 0) is 29.1 Å². The molecule has 3 aromatic rings. The molecule has 0 saturated carbocycles. The molecule has 26 heavy (non-hydrogen) atoms. The molecular formula is C18H10N8. The van der Waals surface area contributed by atoms with Crippen molar-refractivity contribution in [3.63, 3.8) is 0 Å². The molecule has 8 nitrogen and oxygen atoms in total. The third kappa shape index (κ3) is 3.26. The Morgan fingerprint density at radius 3 is 2.23 bits per heavy atom. The molecular weight excluding hydrogens is 328 g/mol. The van der Waals surface area contributed by atoms with Gasteiger partial charge in [-0.1, -0.05) is 46.1 Å². The van der Waals surface area contributed by atoms with Crippen molar-refractivity contribution < 1.29 is 4.68 Å². The molecule has 0 amide bonds. The number of aliphatic imine (C=N–C) groups is 1. The highest BCUT2D eigenvalue weighted by atomic mass is 15.6. The summed E-state index contributed by atoms with van der Waals surface area (Å²) >= 11 is 0. The fourth-order valence-corrected chi connectivity index (χ4v) is 2.12. The smallest absolute Gasteiger partial charge is 0.441 e. The maximum absolute atomic E-state index is 9.24. The molecule has 0 aliphatic rings. The Labute approximate surface area is 148 Å². The fraction of sp³-hybridized carbons (Fsp3) is 0. The minimum atomic E-state index is -0.388. The Bertz CT molecular complexity index is 1090. The summed E-state index contributed by atoms with van der Waals surface area (Å²) in [5.74, 6) is 1.73. The summed E-state index contributed by atoms with van der Waals surface area (Å²) in [7, 11) is 0. The van der Waals surface area contributed by atoms with Crippen LogP contribution in [0.4, 0.5) is 5.95 Å². The van der Waals surface area contributed by atoms with Crippen LogP contribution in [0.25, 0.3) is 16.8 Å². The van der Waals surface area contributed by atoms with E-state index in [1.54, 1.807) is 30.1 Å². The van der Waals surface area contributed by atoms with Gasteiger partial charge in [-0.25, -0.2) is 5.87 Å². The van der Waals surface area contributed by atoms with Crippen molar-refractivity contribution in [2.24, 2.45) is 4.99 Å². The lowest BCUT2D eigenvalue weighted by atomic mass is 10.2. The summed E-state index contributed by atoms with van der Waals surface area (Å²) < 4.78 is 1.43. The van der Waals surface area contributed by atoms with E-state index in [0.29, 0.717) is 11.4 Å². The molecule has 122 valence electrons. The van der Waals surface area contributed by atoms with Gasteiger partial charge in [0.2, 0.25) is 5.71 Å². The van der Waals surface area contributed by atoms with Gasteiger partial charge in [0.25, 0.3) is 0 Å². The highest BCUT2D eigenvalue weighted by Gasteiger charge is 2.23. The first-order valence-corrected chi connectivity index (χ1v) is 7.43. The van der Waals surface area contributed by atoms with Crippen molar-refractivity contribution in [1.82, 2.24) is 15.1 Å². The number of hydrogen-bond acceptors (Lipinski definition) is 5. The molecule has 0 atom stereocenters. The van der Waals surface area contributed by atoms with E-state index < -0.39 is 0 Å². The van der Waals surface area contributed by atoms with Gasteiger partial charge in [0, 0.05) is 5.21 Å². The highest BCUT2D eigenvalue weighted by molar-refractivity contribution is 6.19. The molecule has 3 rings (SSSR count). The molecule has 0 N–H and O–H groups in total. The average Bonchev–Trinajstić information content (AvgIpc) is 3.13. The molecule has 0 fully saturated rings. The molecule has 0 bridgehead atoms. The van der Waals surface area contributed by atoms with Crippen LogP contribution in [0.5, 0.6) is 0 Å². The van der Waals surface area contributed by atoms with Crippen molar-refractivity contribution in [1.29, 1.82) is 10.5 Å². The fourth-order valence-electron chi connectivity index (χ4n) is 2.12. The van der Waals surface area contributed by atoms with Gasteiger partial charge in [-0.2, -0.15) is 10.5 Å². The van der Waals surface area contributed by atoms with Gasteiger partial charge in [0.1, 0.15) is 29.1 Å². The van der Waals surface area contributed by atoms with Crippen molar-refractivity contribution in [3.05, 3.63) is 71.6 Å². The summed E-state index contributed by atoms with van der Waals surface area (Å²) in [6, 6.07) is 21.7. The van der Waals surface area contributed by atoms with Crippen LogP contribution >= 0.6 is 0 Å². The maximum Gasteiger partial charge on any atom is 0.441 e. The van der Waals surface area contributed by atoms with Gasteiger partial charge in [0.15, 0.2) is 0 Å². The zero-order valence-electron chi connectivity index (χ0n) is 13.4. The predicted octanol–water partition coefficient (Wildman–Crippen LogP) is 1.83. The lowest BCUT2D eigenvalue weighted by molar-refractivity contribution is -0.648. The summed E-state index contributed by atoms with van der Waals surface area (Å²) in [5.41, 5.74) is 0.657. The van der Waals surface area contributed by atoms with E-state index in [2.05, 4.69) is 15.3 Å². The topological polar surface area (TPSA) is 117 Å². The SMILES string of the molecule is N#CC(=C=[N-])/C(C#N)=N/c1nn(-c2ccccc2)n[n+]1-c1ccccc1. The van der Waals surface area contributed by atoms with Crippen LogP contribution in [0.15, 0.2) is 71.2 Å². The molecule has 0 unspecified atom stereocenters. The van der Waals surface area contributed by atoms with Crippen LogP contribution in [0.1, 0.15) is 0 Å². The predicted molar refractivity (Wildman–Crippen MR) is 93.1 cm³/mol. The van der Waals surface area contributed by atoms with Gasteiger partial charge < -0.3 is 5.41 Å². The van der Waals surface area contributed by atoms with Crippen molar-refractivity contribution >= 4 is 17.5 Å². The van der Waals surface area contributed by atoms with Crippen LogP contribution in [0, 0.1) is 22.7 Å². The van der Waals surface area contributed by atoms with Crippen LogP contribution in [0.3, 0.4) is 0 Å². The average molecular weight is 338 g/mol. The monoisotopic (exact) mass is 338 g/mol.